The summed E-state index contributed by atoms with van der Waals surface area (Å²) in [5, 5.41) is 2.98. The summed E-state index contributed by atoms with van der Waals surface area (Å²) in [7, 11) is -3.90. The monoisotopic (exact) mass is 497 g/mol. The molecule has 2 N–H and O–H groups in total. The van der Waals surface area contributed by atoms with E-state index in [0.29, 0.717) is 6.54 Å². The van der Waals surface area contributed by atoms with Crippen LogP contribution in [0.15, 0.2) is 77.7 Å². The van der Waals surface area contributed by atoms with E-state index in [1.165, 1.54) is 36.6 Å². The van der Waals surface area contributed by atoms with E-state index < -0.39 is 10.0 Å². The first-order valence-corrected chi connectivity index (χ1v) is 13.2. The van der Waals surface area contributed by atoms with Crippen LogP contribution in [-0.2, 0) is 29.7 Å². The molecule has 1 amide bonds. The van der Waals surface area contributed by atoms with Crippen LogP contribution in [0, 0.1) is 0 Å². The van der Waals surface area contributed by atoms with E-state index in [1.807, 2.05) is 48.5 Å². The fourth-order valence-corrected chi connectivity index (χ4v) is 5.59. The van der Waals surface area contributed by atoms with Crippen LogP contribution in [0.5, 0.6) is 0 Å². The first-order chi connectivity index (χ1) is 16.4. The van der Waals surface area contributed by atoms with Crippen molar-refractivity contribution >= 4 is 27.5 Å². The summed E-state index contributed by atoms with van der Waals surface area (Å²) in [6, 6.07) is 21.6. The Hall–Kier alpha value is -2.71. The second kappa shape index (κ2) is 11.1. The first-order valence-electron chi connectivity index (χ1n) is 11.3. The van der Waals surface area contributed by atoms with Gasteiger partial charge in [0.1, 0.15) is 4.90 Å². The molecule has 0 atom stereocenters. The third-order valence-corrected chi connectivity index (χ3v) is 7.83. The van der Waals surface area contributed by atoms with Crippen LogP contribution in [0.4, 0.5) is 0 Å². The quantitative estimate of drug-likeness (QED) is 0.461. The molecule has 8 heteroatoms. The zero-order valence-electron chi connectivity index (χ0n) is 18.8. The molecule has 0 spiro atoms. The molecule has 34 heavy (non-hydrogen) atoms. The Labute approximate surface area is 206 Å². The zero-order chi connectivity index (χ0) is 24.0. The van der Waals surface area contributed by atoms with Gasteiger partial charge in [-0.3, -0.25) is 9.69 Å². The molecular formula is C26H28ClN3O3S. The number of sulfonamides is 1. The lowest BCUT2D eigenvalue weighted by Crippen LogP contribution is -2.26. The summed E-state index contributed by atoms with van der Waals surface area (Å²) in [5.74, 6) is -0.354. The number of benzene rings is 3. The molecule has 6 nitrogen and oxygen atoms in total. The predicted molar refractivity (Wildman–Crippen MR) is 134 cm³/mol. The van der Waals surface area contributed by atoms with Gasteiger partial charge in [0.2, 0.25) is 10.0 Å². The Bertz CT molecular complexity index is 1240. The van der Waals surface area contributed by atoms with Crippen molar-refractivity contribution in [3.05, 3.63) is 100 Å². The summed E-state index contributed by atoms with van der Waals surface area (Å²) < 4.78 is 28.3. The van der Waals surface area contributed by atoms with Gasteiger partial charge in [-0.15, -0.1) is 0 Å². The van der Waals surface area contributed by atoms with E-state index in [9.17, 15) is 13.2 Å². The number of halogens is 1. The van der Waals surface area contributed by atoms with Crippen molar-refractivity contribution in [3.8, 4) is 0 Å². The van der Waals surface area contributed by atoms with Crippen LogP contribution in [-0.4, -0.2) is 32.3 Å². The number of amides is 1. The first kappa shape index (κ1) is 24.4. The van der Waals surface area contributed by atoms with Gasteiger partial charge < -0.3 is 5.32 Å². The van der Waals surface area contributed by atoms with Crippen molar-refractivity contribution in [2.45, 2.75) is 37.4 Å². The summed E-state index contributed by atoms with van der Waals surface area (Å²) in [6.45, 7) is 3.55. The van der Waals surface area contributed by atoms with Crippen molar-refractivity contribution in [3.63, 3.8) is 0 Å². The molecule has 1 heterocycles. The minimum absolute atomic E-state index is 0.0630. The standard InChI is InChI=1S/C26H28ClN3O3S/c27-24-13-12-21(16-25(24)34(32,33)29-17-20-8-2-1-3-9-20)26(31)28-18-22-10-4-5-11-23(22)19-30-14-6-7-15-30/h1-5,8-13,16,29H,6-7,14-15,17-19H2,(H,28,31). The highest BCUT2D eigenvalue weighted by Crippen LogP contribution is 2.23. The summed E-state index contributed by atoms with van der Waals surface area (Å²) in [6.07, 6.45) is 2.45. The average molecular weight is 498 g/mol. The molecule has 1 aliphatic rings. The molecule has 3 aromatic rings. The largest absolute Gasteiger partial charge is 0.348 e. The lowest BCUT2D eigenvalue weighted by molar-refractivity contribution is 0.0950. The van der Waals surface area contributed by atoms with Gasteiger partial charge in [-0.25, -0.2) is 13.1 Å². The fraction of sp³-hybridized carbons (Fsp3) is 0.269. The van der Waals surface area contributed by atoms with Gasteiger partial charge in [-0.05, 0) is 60.8 Å². The Morgan fingerprint density at radius 3 is 2.29 bits per heavy atom. The lowest BCUT2D eigenvalue weighted by Gasteiger charge is -2.18. The number of carbonyl (C=O) groups excluding carboxylic acids is 1. The number of hydrogen-bond donors (Lipinski definition) is 2. The van der Waals surface area contributed by atoms with Crippen LogP contribution in [0.25, 0.3) is 0 Å². The van der Waals surface area contributed by atoms with Gasteiger partial charge in [0.05, 0.1) is 5.02 Å². The minimum Gasteiger partial charge on any atom is -0.348 e. The molecule has 0 aromatic heterocycles. The van der Waals surface area contributed by atoms with E-state index >= 15 is 0 Å². The highest BCUT2D eigenvalue weighted by molar-refractivity contribution is 7.89. The molecule has 178 valence electrons. The number of rotatable bonds is 9. The average Bonchev–Trinajstić information content (AvgIpc) is 3.36. The Morgan fingerprint density at radius 2 is 1.56 bits per heavy atom. The molecule has 1 fully saturated rings. The molecular weight excluding hydrogens is 470 g/mol. The topological polar surface area (TPSA) is 78.5 Å². The van der Waals surface area contributed by atoms with E-state index in [4.69, 9.17) is 11.6 Å². The maximum absolute atomic E-state index is 12.9. The molecule has 4 rings (SSSR count). The highest BCUT2D eigenvalue weighted by Gasteiger charge is 2.20. The number of likely N-dealkylation sites (tertiary alicyclic amines) is 1. The van der Waals surface area contributed by atoms with E-state index in [1.54, 1.807) is 0 Å². The molecule has 0 radical (unpaired) electrons. The van der Waals surface area contributed by atoms with Crippen LogP contribution >= 0.6 is 11.6 Å². The Kier molecular flexibility index (Phi) is 8.00. The van der Waals surface area contributed by atoms with Gasteiger partial charge in [-0.1, -0.05) is 66.2 Å². The lowest BCUT2D eigenvalue weighted by atomic mass is 10.1. The van der Waals surface area contributed by atoms with Crippen molar-refractivity contribution in [1.82, 2.24) is 14.9 Å². The van der Waals surface area contributed by atoms with Crippen LogP contribution < -0.4 is 10.0 Å². The Morgan fingerprint density at radius 1 is 0.882 bits per heavy atom. The van der Waals surface area contributed by atoms with Gasteiger partial charge in [0.15, 0.2) is 0 Å². The SMILES string of the molecule is O=C(NCc1ccccc1CN1CCCC1)c1ccc(Cl)c(S(=O)(=O)NCc2ccccc2)c1. The smallest absolute Gasteiger partial charge is 0.251 e. The predicted octanol–water partition coefficient (Wildman–Crippen LogP) is 4.34. The zero-order valence-corrected chi connectivity index (χ0v) is 20.4. The molecule has 0 unspecified atom stereocenters. The molecule has 0 saturated carbocycles. The van der Waals surface area contributed by atoms with Crippen LogP contribution in [0.3, 0.4) is 0 Å². The molecule has 1 saturated heterocycles. The molecule has 0 bridgehead atoms. The molecule has 1 aliphatic heterocycles. The number of hydrogen-bond acceptors (Lipinski definition) is 4. The summed E-state index contributed by atoms with van der Waals surface area (Å²) in [5.41, 5.74) is 3.30. The van der Waals surface area contributed by atoms with Crippen LogP contribution in [0.1, 0.15) is 39.9 Å². The number of nitrogens with zero attached hydrogens (tertiary/aromatic N) is 1. The maximum atomic E-state index is 12.9. The van der Waals surface area contributed by atoms with Gasteiger partial charge in [-0.2, -0.15) is 0 Å². The van der Waals surface area contributed by atoms with E-state index in [-0.39, 0.29) is 27.9 Å². The third-order valence-electron chi connectivity index (χ3n) is 5.94. The van der Waals surface area contributed by atoms with Crippen LogP contribution in [0.2, 0.25) is 5.02 Å². The minimum atomic E-state index is -3.90. The second-order valence-corrected chi connectivity index (χ2v) is 10.5. The third kappa shape index (κ3) is 6.24. The maximum Gasteiger partial charge on any atom is 0.251 e. The summed E-state index contributed by atoms with van der Waals surface area (Å²) in [4.78, 5) is 15.2. The van der Waals surface area contributed by atoms with Crippen molar-refractivity contribution < 1.29 is 13.2 Å². The Balaban J connectivity index is 1.44. The highest BCUT2D eigenvalue weighted by atomic mass is 35.5. The summed E-state index contributed by atoms with van der Waals surface area (Å²) >= 11 is 6.19. The van der Waals surface area contributed by atoms with E-state index in [0.717, 1.165) is 30.8 Å². The fourth-order valence-electron chi connectivity index (χ4n) is 4.05. The van der Waals surface area contributed by atoms with Crippen molar-refractivity contribution in [1.29, 1.82) is 0 Å². The van der Waals surface area contributed by atoms with E-state index in [2.05, 4.69) is 21.0 Å². The number of carbonyl (C=O) groups is 1. The normalized spacial score (nSPS) is 14.3. The van der Waals surface area contributed by atoms with Gasteiger partial charge in [0, 0.05) is 25.2 Å². The molecule has 3 aromatic carbocycles. The number of nitrogens with one attached hydrogen (secondary N) is 2. The van der Waals surface area contributed by atoms with Gasteiger partial charge >= 0.3 is 0 Å². The van der Waals surface area contributed by atoms with Gasteiger partial charge in [0.25, 0.3) is 5.91 Å². The van der Waals surface area contributed by atoms with Crippen molar-refractivity contribution in [2.75, 3.05) is 13.1 Å². The van der Waals surface area contributed by atoms with Crippen molar-refractivity contribution in [2.24, 2.45) is 0 Å². The second-order valence-electron chi connectivity index (χ2n) is 8.39. The molecule has 0 aliphatic carbocycles.